The number of piperidine rings is 1. The Morgan fingerprint density at radius 1 is 1.45 bits per heavy atom. The first kappa shape index (κ1) is 14.7. The molecule has 1 aromatic rings. The van der Waals surface area contributed by atoms with Crippen molar-refractivity contribution >= 4 is 11.7 Å². The number of hydrogen-bond acceptors (Lipinski definition) is 3. The number of carbonyl (C=O) groups is 1. The molecule has 4 nitrogen and oxygen atoms in total. The van der Waals surface area contributed by atoms with Crippen LogP contribution >= 0.6 is 0 Å². The van der Waals surface area contributed by atoms with Gasteiger partial charge in [-0.3, -0.25) is 0 Å². The van der Waals surface area contributed by atoms with Crippen molar-refractivity contribution in [2.75, 3.05) is 31.6 Å². The molecule has 2 N–H and O–H groups in total. The minimum absolute atomic E-state index is 0.0954. The number of benzene rings is 1. The SMILES string of the molecule is CN(CC1CCCNC1)c1ccc(C(=O)O)c(F)c1F. The van der Waals surface area contributed by atoms with Crippen molar-refractivity contribution in [2.45, 2.75) is 12.8 Å². The highest BCUT2D eigenvalue weighted by atomic mass is 19.2. The van der Waals surface area contributed by atoms with Crippen molar-refractivity contribution in [3.63, 3.8) is 0 Å². The number of carboxylic acid groups (broad SMARTS) is 1. The van der Waals surface area contributed by atoms with Gasteiger partial charge in [-0.25, -0.2) is 13.6 Å². The molecule has 1 unspecified atom stereocenters. The van der Waals surface area contributed by atoms with Crippen LogP contribution in [0.3, 0.4) is 0 Å². The summed E-state index contributed by atoms with van der Waals surface area (Å²) in [5, 5.41) is 12.0. The third-order valence-electron chi connectivity index (χ3n) is 3.63. The summed E-state index contributed by atoms with van der Waals surface area (Å²) in [5.41, 5.74) is -0.544. The Morgan fingerprint density at radius 3 is 2.80 bits per heavy atom. The molecule has 1 aliphatic rings. The highest BCUT2D eigenvalue weighted by Gasteiger charge is 2.22. The fourth-order valence-electron chi connectivity index (χ4n) is 2.56. The zero-order chi connectivity index (χ0) is 14.7. The maximum atomic E-state index is 13.9. The van der Waals surface area contributed by atoms with Gasteiger partial charge in [0.1, 0.15) is 0 Å². The quantitative estimate of drug-likeness (QED) is 0.889. The van der Waals surface area contributed by atoms with Crippen LogP contribution in [-0.2, 0) is 0 Å². The summed E-state index contributed by atoms with van der Waals surface area (Å²) in [7, 11) is 1.69. The molecule has 0 amide bonds. The molecule has 1 heterocycles. The van der Waals surface area contributed by atoms with Crippen LogP contribution in [0.2, 0.25) is 0 Å². The van der Waals surface area contributed by atoms with Gasteiger partial charge in [0.2, 0.25) is 0 Å². The lowest BCUT2D eigenvalue weighted by Gasteiger charge is -2.29. The average molecular weight is 284 g/mol. The number of halogens is 2. The van der Waals surface area contributed by atoms with Crippen molar-refractivity contribution in [1.82, 2.24) is 5.32 Å². The standard InChI is InChI=1S/C14H18F2N2O2/c1-18(8-9-3-2-6-17-7-9)11-5-4-10(14(19)20)12(15)13(11)16/h4-5,9,17H,2-3,6-8H2,1H3,(H,19,20). The van der Waals surface area contributed by atoms with E-state index in [-0.39, 0.29) is 5.69 Å². The molecule has 1 atom stereocenters. The second kappa shape index (κ2) is 6.17. The molecule has 110 valence electrons. The lowest BCUT2D eigenvalue weighted by Crippen LogP contribution is -2.37. The molecular formula is C14H18F2N2O2. The zero-order valence-electron chi connectivity index (χ0n) is 11.3. The topological polar surface area (TPSA) is 52.6 Å². The Labute approximate surface area is 116 Å². The van der Waals surface area contributed by atoms with Crippen LogP contribution in [0, 0.1) is 17.6 Å². The molecule has 1 aliphatic heterocycles. The second-order valence-corrected chi connectivity index (χ2v) is 5.16. The maximum Gasteiger partial charge on any atom is 0.338 e. The normalized spacial score (nSPS) is 18.9. The van der Waals surface area contributed by atoms with Crippen LogP contribution < -0.4 is 10.2 Å². The zero-order valence-corrected chi connectivity index (χ0v) is 11.3. The van der Waals surface area contributed by atoms with E-state index in [4.69, 9.17) is 5.11 Å². The maximum absolute atomic E-state index is 13.9. The smallest absolute Gasteiger partial charge is 0.338 e. The first-order valence-corrected chi connectivity index (χ1v) is 6.64. The van der Waals surface area contributed by atoms with Gasteiger partial charge in [-0.05, 0) is 44.0 Å². The number of anilines is 1. The molecule has 1 saturated heterocycles. The van der Waals surface area contributed by atoms with E-state index in [1.165, 1.54) is 6.07 Å². The van der Waals surface area contributed by atoms with Crippen molar-refractivity contribution < 1.29 is 18.7 Å². The molecule has 0 radical (unpaired) electrons. The summed E-state index contributed by atoms with van der Waals surface area (Å²) in [4.78, 5) is 12.4. The van der Waals surface area contributed by atoms with Crippen LogP contribution in [0.5, 0.6) is 0 Å². The second-order valence-electron chi connectivity index (χ2n) is 5.16. The summed E-state index contributed by atoms with van der Waals surface area (Å²) < 4.78 is 27.6. The molecule has 1 aromatic carbocycles. The number of hydrogen-bond donors (Lipinski definition) is 2. The number of aromatic carboxylic acids is 1. The number of nitrogens with zero attached hydrogens (tertiary/aromatic N) is 1. The van der Waals surface area contributed by atoms with Gasteiger partial charge < -0.3 is 15.3 Å². The van der Waals surface area contributed by atoms with E-state index in [1.54, 1.807) is 11.9 Å². The summed E-state index contributed by atoms with van der Waals surface area (Å²) >= 11 is 0. The minimum atomic E-state index is -1.47. The van der Waals surface area contributed by atoms with Gasteiger partial charge in [0.25, 0.3) is 0 Å². The molecule has 1 fully saturated rings. The minimum Gasteiger partial charge on any atom is -0.478 e. The highest BCUT2D eigenvalue weighted by molar-refractivity contribution is 5.88. The van der Waals surface area contributed by atoms with Crippen molar-refractivity contribution in [3.05, 3.63) is 29.3 Å². The first-order chi connectivity index (χ1) is 9.50. The van der Waals surface area contributed by atoms with Crippen molar-refractivity contribution in [3.8, 4) is 0 Å². The Balaban J connectivity index is 2.15. The largest absolute Gasteiger partial charge is 0.478 e. The molecule has 0 bridgehead atoms. The third kappa shape index (κ3) is 3.07. The van der Waals surface area contributed by atoms with E-state index in [1.807, 2.05) is 0 Å². The van der Waals surface area contributed by atoms with Crippen molar-refractivity contribution in [2.24, 2.45) is 5.92 Å². The Kier molecular flexibility index (Phi) is 4.54. The molecular weight excluding hydrogens is 266 g/mol. The highest BCUT2D eigenvalue weighted by Crippen LogP contribution is 2.25. The Morgan fingerprint density at radius 2 is 2.20 bits per heavy atom. The van der Waals surface area contributed by atoms with E-state index in [9.17, 15) is 13.6 Å². The van der Waals surface area contributed by atoms with Gasteiger partial charge in [-0.15, -0.1) is 0 Å². The van der Waals surface area contributed by atoms with Gasteiger partial charge in [-0.1, -0.05) is 0 Å². The van der Waals surface area contributed by atoms with E-state index >= 15 is 0 Å². The predicted octanol–water partition coefficient (Wildman–Crippen LogP) is 2.10. The summed E-state index contributed by atoms with van der Waals surface area (Å²) in [6.07, 6.45) is 2.13. The fourth-order valence-corrected chi connectivity index (χ4v) is 2.56. The summed E-state index contributed by atoms with van der Waals surface area (Å²) in [6.45, 7) is 2.47. The van der Waals surface area contributed by atoms with Crippen LogP contribution in [0.25, 0.3) is 0 Å². The van der Waals surface area contributed by atoms with E-state index in [0.29, 0.717) is 12.5 Å². The van der Waals surface area contributed by atoms with Crippen molar-refractivity contribution in [1.29, 1.82) is 0 Å². The molecule has 2 rings (SSSR count). The monoisotopic (exact) mass is 284 g/mol. The van der Waals surface area contributed by atoms with Crippen LogP contribution in [0.4, 0.5) is 14.5 Å². The number of nitrogens with one attached hydrogen (secondary N) is 1. The molecule has 0 aliphatic carbocycles. The number of rotatable bonds is 4. The third-order valence-corrected chi connectivity index (χ3v) is 3.63. The van der Waals surface area contributed by atoms with Gasteiger partial charge in [-0.2, -0.15) is 0 Å². The molecule has 0 saturated carbocycles. The fraction of sp³-hybridized carbons (Fsp3) is 0.500. The van der Waals surface area contributed by atoms with Gasteiger partial charge >= 0.3 is 5.97 Å². The van der Waals surface area contributed by atoms with Crippen LogP contribution in [0.1, 0.15) is 23.2 Å². The van der Waals surface area contributed by atoms with E-state index in [2.05, 4.69) is 5.32 Å². The lowest BCUT2D eigenvalue weighted by molar-refractivity contribution is 0.0690. The Hall–Kier alpha value is -1.69. The summed E-state index contributed by atoms with van der Waals surface area (Å²) in [5.74, 6) is -3.48. The van der Waals surface area contributed by atoms with Crippen LogP contribution in [0.15, 0.2) is 12.1 Å². The van der Waals surface area contributed by atoms with Crippen LogP contribution in [-0.4, -0.2) is 37.8 Å². The van der Waals surface area contributed by atoms with Gasteiger partial charge in [0, 0.05) is 13.6 Å². The van der Waals surface area contributed by atoms with Gasteiger partial charge in [0.05, 0.1) is 11.3 Å². The number of carboxylic acids is 1. The predicted molar refractivity (Wildman–Crippen MR) is 72.2 cm³/mol. The molecule has 20 heavy (non-hydrogen) atoms. The lowest BCUT2D eigenvalue weighted by atomic mass is 9.99. The Bertz CT molecular complexity index is 502. The average Bonchev–Trinajstić information content (AvgIpc) is 2.42. The van der Waals surface area contributed by atoms with Gasteiger partial charge in [0.15, 0.2) is 11.6 Å². The molecule has 6 heteroatoms. The molecule has 0 aromatic heterocycles. The first-order valence-electron chi connectivity index (χ1n) is 6.64. The molecule has 0 spiro atoms. The van der Waals surface area contributed by atoms with E-state index in [0.717, 1.165) is 32.0 Å². The summed E-state index contributed by atoms with van der Waals surface area (Å²) in [6, 6.07) is 2.42. The van der Waals surface area contributed by atoms with E-state index < -0.39 is 23.2 Å².